The summed E-state index contributed by atoms with van der Waals surface area (Å²) in [5, 5.41) is 8.43. The highest BCUT2D eigenvalue weighted by molar-refractivity contribution is 5.90. The summed E-state index contributed by atoms with van der Waals surface area (Å²) < 4.78 is 15.8. The van der Waals surface area contributed by atoms with Crippen molar-refractivity contribution in [3.8, 4) is 11.5 Å². The Hall–Kier alpha value is -3.88. The topological polar surface area (TPSA) is 88.8 Å². The second kappa shape index (κ2) is 7.86. The van der Waals surface area contributed by atoms with Gasteiger partial charge in [-0.2, -0.15) is 5.10 Å². The Morgan fingerprint density at radius 2 is 2.00 bits per heavy atom. The fourth-order valence-electron chi connectivity index (χ4n) is 3.40. The van der Waals surface area contributed by atoms with Crippen LogP contribution in [0.1, 0.15) is 11.3 Å². The minimum Gasteiger partial charge on any atom is -0.371 e. The van der Waals surface area contributed by atoms with Crippen molar-refractivity contribution in [2.45, 2.75) is 13.5 Å². The molecule has 1 amide bonds. The molecule has 0 aliphatic rings. The summed E-state index contributed by atoms with van der Waals surface area (Å²) >= 11 is 0. The molecule has 1 aromatic carbocycles. The van der Waals surface area contributed by atoms with Gasteiger partial charge in [0.2, 0.25) is 6.41 Å². The smallest absolute Gasteiger partial charge is 0.214 e. The van der Waals surface area contributed by atoms with E-state index in [0.717, 1.165) is 5.39 Å². The third-order valence-corrected chi connectivity index (χ3v) is 4.80. The molecule has 0 bridgehead atoms. The minimum absolute atomic E-state index is 0.226. The van der Waals surface area contributed by atoms with Crippen molar-refractivity contribution in [2.24, 2.45) is 0 Å². The molecule has 152 valence electrons. The number of hydrogen-bond acceptors (Lipinski definition) is 6. The van der Waals surface area contributed by atoms with Gasteiger partial charge in [-0.05, 0) is 25.1 Å². The summed E-state index contributed by atoms with van der Waals surface area (Å²) in [6, 6.07) is 10.3. The van der Waals surface area contributed by atoms with Gasteiger partial charge in [0.25, 0.3) is 0 Å². The average Bonchev–Trinajstić information content (AvgIpc) is 3.13. The number of carbonyl (C=O) groups is 1. The lowest BCUT2D eigenvalue weighted by molar-refractivity contribution is -0.107. The first-order chi connectivity index (χ1) is 14.5. The second-order valence-electron chi connectivity index (χ2n) is 6.77. The van der Waals surface area contributed by atoms with E-state index in [1.165, 1.54) is 11.0 Å². The van der Waals surface area contributed by atoms with Crippen molar-refractivity contribution in [1.29, 1.82) is 0 Å². The first-order valence-electron chi connectivity index (χ1n) is 9.33. The van der Waals surface area contributed by atoms with Crippen LogP contribution in [0.5, 0.6) is 0 Å². The zero-order chi connectivity index (χ0) is 21.3. The van der Waals surface area contributed by atoms with E-state index in [1.54, 1.807) is 56.2 Å². The van der Waals surface area contributed by atoms with Crippen molar-refractivity contribution in [1.82, 2.24) is 24.7 Å². The van der Waals surface area contributed by atoms with E-state index in [0.29, 0.717) is 46.3 Å². The number of fused-ring (bicyclic) bond motifs is 1. The zero-order valence-electron chi connectivity index (χ0n) is 16.8. The molecule has 0 saturated carbocycles. The van der Waals surface area contributed by atoms with E-state index in [4.69, 9.17) is 0 Å². The monoisotopic (exact) mass is 405 g/mol. The maximum atomic E-state index is 14.2. The van der Waals surface area contributed by atoms with Crippen molar-refractivity contribution >= 4 is 28.9 Å². The van der Waals surface area contributed by atoms with Crippen LogP contribution >= 0.6 is 0 Å². The highest BCUT2D eigenvalue weighted by atomic mass is 19.1. The predicted molar refractivity (Wildman–Crippen MR) is 113 cm³/mol. The molecule has 9 heteroatoms. The van der Waals surface area contributed by atoms with Gasteiger partial charge in [0.05, 0.1) is 17.6 Å². The average molecular weight is 405 g/mol. The maximum absolute atomic E-state index is 14.2. The Labute approximate surface area is 172 Å². The van der Waals surface area contributed by atoms with Gasteiger partial charge in [0.1, 0.15) is 17.2 Å². The van der Waals surface area contributed by atoms with Crippen LogP contribution in [0.15, 0.2) is 42.6 Å². The third kappa shape index (κ3) is 3.34. The fraction of sp³-hybridized carbons (Fsp3) is 0.190. The standard InChI is InChI=1S/C21H20FN7O/c1-13-18(28(3)12-30)20(23-2)26-19(25-13)17-15-8-6-10-24-21(15)29(27-17)11-14-7-4-5-9-16(14)22/h4-10,12H,11H2,1-3H3,(H,23,25,26). The van der Waals surface area contributed by atoms with Gasteiger partial charge in [0, 0.05) is 25.9 Å². The zero-order valence-corrected chi connectivity index (χ0v) is 16.8. The van der Waals surface area contributed by atoms with Crippen molar-refractivity contribution in [2.75, 3.05) is 24.3 Å². The van der Waals surface area contributed by atoms with Gasteiger partial charge in [-0.25, -0.2) is 24.0 Å². The highest BCUT2D eigenvalue weighted by Crippen LogP contribution is 2.31. The minimum atomic E-state index is -0.301. The van der Waals surface area contributed by atoms with Crippen LogP contribution in [0.2, 0.25) is 0 Å². The van der Waals surface area contributed by atoms with Crippen LogP contribution < -0.4 is 10.2 Å². The van der Waals surface area contributed by atoms with Crippen LogP contribution in [0.3, 0.4) is 0 Å². The SMILES string of the molecule is CNc1nc(-c2nn(Cc3ccccc3F)c3ncccc23)nc(C)c1N(C)C=O. The summed E-state index contributed by atoms with van der Waals surface area (Å²) in [4.78, 5) is 26.3. The molecule has 30 heavy (non-hydrogen) atoms. The molecule has 0 aliphatic carbocycles. The number of aromatic nitrogens is 5. The number of halogens is 1. The van der Waals surface area contributed by atoms with Gasteiger partial charge in [-0.1, -0.05) is 18.2 Å². The summed E-state index contributed by atoms with van der Waals surface area (Å²) in [6.45, 7) is 2.03. The van der Waals surface area contributed by atoms with E-state index < -0.39 is 0 Å². The van der Waals surface area contributed by atoms with Gasteiger partial charge >= 0.3 is 0 Å². The van der Waals surface area contributed by atoms with Crippen LogP contribution in [-0.4, -0.2) is 45.2 Å². The first kappa shape index (κ1) is 19.4. The van der Waals surface area contributed by atoms with Gasteiger partial charge in [-0.15, -0.1) is 0 Å². The lowest BCUT2D eigenvalue weighted by atomic mass is 10.2. The Morgan fingerprint density at radius 3 is 2.73 bits per heavy atom. The van der Waals surface area contributed by atoms with E-state index >= 15 is 0 Å². The van der Waals surface area contributed by atoms with E-state index in [1.807, 2.05) is 6.07 Å². The lowest BCUT2D eigenvalue weighted by Gasteiger charge is -2.17. The third-order valence-electron chi connectivity index (χ3n) is 4.80. The largest absolute Gasteiger partial charge is 0.371 e. The maximum Gasteiger partial charge on any atom is 0.214 e. The van der Waals surface area contributed by atoms with Crippen molar-refractivity contribution in [3.05, 3.63) is 59.7 Å². The second-order valence-corrected chi connectivity index (χ2v) is 6.77. The molecule has 0 saturated heterocycles. The first-order valence-corrected chi connectivity index (χ1v) is 9.33. The molecule has 0 fully saturated rings. The number of aryl methyl sites for hydroxylation is 1. The number of hydrogen-bond donors (Lipinski definition) is 1. The van der Waals surface area contributed by atoms with Crippen LogP contribution in [0.25, 0.3) is 22.6 Å². The number of benzene rings is 1. The fourth-order valence-corrected chi connectivity index (χ4v) is 3.40. The Morgan fingerprint density at radius 1 is 1.20 bits per heavy atom. The Bertz CT molecular complexity index is 1240. The molecule has 3 aromatic heterocycles. The summed E-state index contributed by atoms with van der Waals surface area (Å²) in [7, 11) is 3.37. The summed E-state index contributed by atoms with van der Waals surface area (Å²) in [5.41, 5.74) is 2.87. The van der Waals surface area contributed by atoms with Gasteiger partial charge in [-0.3, -0.25) is 4.79 Å². The molecule has 4 aromatic rings. The van der Waals surface area contributed by atoms with Gasteiger partial charge in [0.15, 0.2) is 17.3 Å². The van der Waals surface area contributed by atoms with E-state index in [9.17, 15) is 9.18 Å². The molecule has 0 spiro atoms. The lowest BCUT2D eigenvalue weighted by Crippen LogP contribution is -2.18. The van der Waals surface area contributed by atoms with Crippen LogP contribution in [-0.2, 0) is 11.3 Å². The molecule has 0 aliphatic heterocycles. The molecule has 0 unspecified atom stereocenters. The van der Waals surface area contributed by atoms with Crippen LogP contribution in [0.4, 0.5) is 15.9 Å². The van der Waals surface area contributed by atoms with E-state index in [-0.39, 0.29) is 12.4 Å². The molecule has 0 radical (unpaired) electrons. The normalized spacial score (nSPS) is 10.9. The molecular weight excluding hydrogens is 385 g/mol. The quantitative estimate of drug-likeness (QED) is 0.496. The number of nitrogens with zero attached hydrogens (tertiary/aromatic N) is 6. The molecule has 3 heterocycles. The molecule has 4 rings (SSSR count). The Balaban J connectivity index is 1.87. The number of carbonyl (C=O) groups excluding carboxylic acids is 1. The highest BCUT2D eigenvalue weighted by Gasteiger charge is 2.20. The van der Waals surface area contributed by atoms with E-state index in [2.05, 4.69) is 25.4 Å². The number of amides is 1. The summed E-state index contributed by atoms with van der Waals surface area (Å²) in [5.74, 6) is 0.599. The van der Waals surface area contributed by atoms with Gasteiger partial charge < -0.3 is 10.2 Å². The number of nitrogens with one attached hydrogen (secondary N) is 1. The van der Waals surface area contributed by atoms with Crippen molar-refractivity contribution < 1.29 is 9.18 Å². The number of rotatable bonds is 6. The number of pyridine rings is 1. The van der Waals surface area contributed by atoms with Crippen molar-refractivity contribution in [3.63, 3.8) is 0 Å². The number of anilines is 2. The van der Waals surface area contributed by atoms with Crippen LogP contribution in [0, 0.1) is 12.7 Å². The molecule has 8 nitrogen and oxygen atoms in total. The molecule has 1 N–H and O–H groups in total. The predicted octanol–water partition coefficient (Wildman–Crippen LogP) is 3.02. The molecule has 0 atom stereocenters. The molecular formula is C21H20FN7O. The summed E-state index contributed by atoms with van der Waals surface area (Å²) in [6.07, 6.45) is 2.37. The Kier molecular flexibility index (Phi) is 5.09.